The van der Waals surface area contributed by atoms with Crippen LogP contribution in [0.5, 0.6) is 0 Å². The maximum absolute atomic E-state index is 13.8. The van der Waals surface area contributed by atoms with E-state index in [-0.39, 0.29) is 17.8 Å². The van der Waals surface area contributed by atoms with Crippen LogP contribution in [0.4, 0.5) is 4.39 Å². The number of aliphatic imine (C=N–C) groups is 1. The molecule has 17 heavy (non-hydrogen) atoms. The van der Waals surface area contributed by atoms with E-state index in [4.69, 9.17) is 16.3 Å². The molecule has 0 N–H and O–H groups in total. The van der Waals surface area contributed by atoms with Crippen LogP contribution < -0.4 is 0 Å². The predicted octanol–water partition coefficient (Wildman–Crippen LogP) is 3.79. The van der Waals surface area contributed by atoms with Gasteiger partial charge in [0.25, 0.3) is 0 Å². The molecule has 2 unspecified atom stereocenters. The zero-order valence-electron chi connectivity index (χ0n) is 9.70. The average Bonchev–Trinajstić information content (AvgIpc) is 2.82. The number of rotatable bonds is 4. The Morgan fingerprint density at radius 2 is 2.41 bits per heavy atom. The first kappa shape index (κ1) is 12.4. The van der Waals surface area contributed by atoms with Crippen molar-refractivity contribution in [1.82, 2.24) is 0 Å². The van der Waals surface area contributed by atoms with Crippen LogP contribution in [0.3, 0.4) is 0 Å². The molecule has 1 aromatic carbocycles. The molecule has 0 saturated heterocycles. The Morgan fingerprint density at radius 3 is 3.06 bits per heavy atom. The molecule has 0 aromatic heterocycles. The number of halogens is 2. The highest BCUT2D eigenvalue weighted by atomic mass is 35.5. The van der Waals surface area contributed by atoms with Crippen LogP contribution in [0.2, 0.25) is 5.02 Å². The Kier molecular flexibility index (Phi) is 4.00. The summed E-state index contributed by atoms with van der Waals surface area (Å²) in [5.41, 5.74) is 0.683. The van der Waals surface area contributed by atoms with Gasteiger partial charge in [-0.3, -0.25) is 4.99 Å². The van der Waals surface area contributed by atoms with E-state index in [0.717, 1.165) is 12.8 Å². The molecule has 92 valence electrons. The summed E-state index contributed by atoms with van der Waals surface area (Å²) in [6.07, 6.45) is 3.14. The van der Waals surface area contributed by atoms with E-state index in [1.54, 1.807) is 12.1 Å². The molecule has 0 amide bonds. The molecular weight excluding hydrogens is 241 g/mol. The highest BCUT2D eigenvalue weighted by Gasteiger charge is 2.21. The van der Waals surface area contributed by atoms with Crippen molar-refractivity contribution in [3.63, 3.8) is 0 Å². The summed E-state index contributed by atoms with van der Waals surface area (Å²) >= 11 is 5.91. The molecule has 1 aromatic rings. The van der Waals surface area contributed by atoms with E-state index in [2.05, 4.69) is 4.99 Å². The van der Waals surface area contributed by atoms with Gasteiger partial charge >= 0.3 is 0 Å². The van der Waals surface area contributed by atoms with Gasteiger partial charge in [-0.2, -0.15) is 0 Å². The van der Waals surface area contributed by atoms with Crippen molar-refractivity contribution in [2.45, 2.75) is 31.7 Å². The van der Waals surface area contributed by atoms with Gasteiger partial charge in [0.1, 0.15) is 12.4 Å². The first-order valence-corrected chi connectivity index (χ1v) is 6.16. The third-order valence-corrected chi connectivity index (χ3v) is 3.32. The third kappa shape index (κ3) is 2.97. The Bertz CT molecular complexity index is 422. The zero-order chi connectivity index (χ0) is 12.3. The molecule has 0 aliphatic carbocycles. The summed E-state index contributed by atoms with van der Waals surface area (Å²) < 4.78 is 18.8. The summed E-state index contributed by atoms with van der Waals surface area (Å²) in [5, 5.41) is 0.575. The average molecular weight is 256 g/mol. The quantitative estimate of drug-likeness (QED) is 0.802. The number of nitrogens with zero attached hydrogens (tertiary/aromatic N) is 1. The van der Waals surface area contributed by atoms with Crippen LogP contribution in [0.1, 0.15) is 31.2 Å². The van der Waals surface area contributed by atoms with Gasteiger partial charge < -0.3 is 4.74 Å². The number of benzene rings is 1. The van der Waals surface area contributed by atoms with Crippen LogP contribution in [0.25, 0.3) is 0 Å². The van der Waals surface area contributed by atoms with E-state index in [1.807, 2.05) is 6.92 Å². The van der Waals surface area contributed by atoms with Crippen molar-refractivity contribution in [2.24, 2.45) is 4.99 Å². The zero-order valence-corrected chi connectivity index (χ0v) is 10.5. The molecule has 0 fully saturated rings. The van der Waals surface area contributed by atoms with Gasteiger partial charge in [0.05, 0.1) is 6.04 Å². The maximum atomic E-state index is 13.8. The van der Waals surface area contributed by atoms with Gasteiger partial charge in [-0.15, -0.1) is 0 Å². The number of hydrogen-bond acceptors (Lipinski definition) is 2. The third-order valence-electron chi connectivity index (χ3n) is 3.08. The monoisotopic (exact) mass is 255 g/mol. The lowest BCUT2D eigenvalue weighted by molar-refractivity contribution is 0.313. The van der Waals surface area contributed by atoms with Crippen molar-refractivity contribution in [3.05, 3.63) is 34.6 Å². The smallest absolute Gasteiger partial charge is 0.169 e. The lowest BCUT2D eigenvalue weighted by atomic mass is 9.90. The van der Waals surface area contributed by atoms with Crippen molar-refractivity contribution < 1.29 is 9.13 Å². The molecule has 4 heteroatoms. The first-order valence-electron chi connectivity index (χ1n) is 5.79. The molecule has 1 heterocycles. The summed E-state index contributed by atoms with van der Waals surface area (Å²) in [4.78, 5) is 4.20. The minimum absolute atomic E-state index is 0.137. The Labute approximate surface area is 105 Å². The molecule has 1 aliphatic rings. The molecular formula is C13H15ClFNO. The molecule has 2 rings (SSSR count). The lowest BCUT2D eigenvalue weighted by Gasteiger charge is -2.18. The molecule has 0 bridgehead atoms. The van der Waals surface area contributed by atoms with Crippen LogP contribution in [0, 0.1) is 5.82 Å². The van der Waals surface area contributed by atoms with Crippen molar-refractivity contribution in [3.8, 4) is 0 Å². The summed E-state index contributed by atoms with van der Waals surface area (Å²) in [6.45, 7) is 2.64. The van der Waals surface area contributed by atoms with Crippen LogP contribution >= 0.6 is 11.6 Å². The Hall–Kier alpha value is -1.09. The van der Waals surface area contributed by atoms with E-state index in [0.29, 0.717) is 17.2 Å². The van der Waals surface area contributed by atoms with Crippen LogP contribution in [0.15, 0.2) is 23.2 Å². The van der Waals surface area contributed by atoms with Crippen LogP contribution in [-0.4, -0.2) is 19.0 Å². The predicted molar refractivity (Wildman–Crippen MR) is 67.3 cm³/mol. The molecule has 0 radical (unpaired) electrons. The molecule has 2 atom stereocenters. The van der Waals surface area contributed by atoms with E-state index >= 15 is 0 Å². The molecule has 1 aliphatic heterocycles. The number of ether oxygens (including phenoxy) is 1. The van der Waals surface area contributed by atoms with E-state index in [1.165, 1.54) is 12.5 Å². The van der Waals surface area contributed by atoms with Crippen molar-refractivity contribution in [1.29, 1.82) is 0 Å². The normalized spacial score (nSPS) is 20.3. The Morgan fingerprint density at radius 1 is 1.59 bits per heavy atom. The molecule has 2 nitrogen and oxygen atoms in total. The summed E-state index contributed by atoms with van der Waals surface area (Å²) in [7, 11) is 0. The van der Waals surface area contributed by atoms with E-state index in [9.17, 15) is 4.39 Å². The minimum Gasteiger partial charge on any atom is -0.481 e. The second kappa shape index (κ2) is 5.50. The topological polar surface area (TPSA) is 21.6 Å². The van der Waals surface area contributed by atoms with Gasteiger partial charge in [0.15, 0.2) is 6.40 Å². The standard InChI is InChI=1S/C13H15ClFNO/c1-2-9(5-11-7-17-8-16-11)12-6-10(14)3-4-13(12)15/h3-4,6,8-9,11H,2,5,7H2,1H3. The molecule has 0 spiro atoms. The second-order valence-corrected chi connectivity index (χ2v) is 4.68. The van der Waals surface area contributed by atoms with Gasteiger partial charge in [-0.1, -0.05) is 18.5 Å². The van der Waals surface area contributed by atoms with Gasteiger partial charge in [0, 0.05) is 5.02 Å². The SMILES string of the molecule is CCC(CC1COC=N1)c1cc(Cl)ccc1F. The minimum atomic E-state index is -0.191. The van der Waals surface area contributed by atoms with Crippen molar-refractivity contribution >= 4 is 18.0 Å². The van der Waals surface area contributed by atoms with E-state index < -0.39 is 0 Å². The first-order chi connectivity index (χ1) is 8.20. The van der Waals surface area contributed by atoms with Gasteiger partial charge in [0.2, 0.25) is 0 Å². The fourth-order valence-electron chi connectivity index (χ4n) is 2.12. The lowest BCUT2D eigenvalue weighted by Crippen LogP contribution is -2.13. The summed E-state index contributed by atoms with van der Waals surface area (Å²) in [6, 6.07) is 4.85. The maximum Gasteiger partial charge on any atom is 0.169 e. The second-order valence-electron chi connectivity index (χ2n) is 4.25. The largest absolute Gasteiger partial charge is 0.481 e. The number of hydrogen-bond donors (Lipinski definition) is 0. The highest BCUT2D eigenvalue weighted by Crippen LogP contribution is 2.30. The fourth-order valence-corrected chi connectivity index (χ4v) is 2.31. The molecule has 0 saturated carbocycles. The fraction of sp³-hybridized carbons (Fsp3) is 0.462. The van der Waals surface area contributed by atoms with Gasteiger partial charge in [-0.05, 0) is 42.5 Å². The van der Waals surface area contributed by atoms with Crippen molar-refractivity contribution in [2.75, 3.05) is 6.61 Å². The highest BCUT2D eigenvalue weighted by molar-refractivity contribution is 6.30. The summed E-state index contributed by atoms with van der Waals surface area (Å²) in [5.74, 6) is -0.0540. The Balaban J connectivity index is 2.16. The van der Waals surface area contributed by atoms with Gasteiger partial charge in [-0.25, -0.2) is 4.39 Å². The van der Waals surface area contributed by atoms with Crippen LogP contribution in [-0.2, 0) is 4.74 Å².